The van der Waals surface area contributed by atoms with Crippen LogP contribution in [0.3, 0.4) is 0 Å². The van der Waals surface area contributed by atoms with Gasteiger partial charge in [0.25, 0.3) is 0 Å². The molecule has 4 heteroatoms. The quantitative estimate of drug-likeness (QED) is 0.705. The van der Waals surface area contributed by atoms with E-state index in [2.05, 4.69) is 25.3 Å². The number of Topliss-reactive ketones (excluding diaryl/α,β-unsaturated/α-hetero) is 1. The fourth-order valence-corrected chi connectivity index (χ4v) is 9.75. The van der Waals surface area contributed by atoms with E-state index in [1.165, 1.54) is 0 Å². The van der Waals surface area contributed by atoms with Crippen molar-refractivity contribution < 1.29 is 15.0 Å². The number of aliphatic hydroxyl groups excluding tert-OH is 2. The first-order valence-corrected chi connectivity index (χ1v) is 10.6. The molecule has 1 heterocycles. The Morgan fingerprint density at radius 2 is 2.08 bits per heavy atom. The largest absolute Gasteiger partial charge is 0.392 e. The molecule has 0 radical (unpaired) electrons. The monoisotopic (exact) mass is 357 g/mol. The summed E-state index contributed by atoms with van der Waals surface area (Å²) < 4.78 is 0. The topological polar surface area (TPSA) is 60.8 Å². The van der Waals surface area contributed by atoms with Gasteiger partial charge in [-0.15, -0.1) is 0 Å². The molecule has 5 saturated carbocycles. The third-order valence-corrected chi connectivity index (χ3v) is 10.4. The predicted molar refractivity (Wildman–Crippen MR) is 97.2 cm³/mol. The molecule has 0 aromatic carbocycles. The van der Waals surface area contributed by atoms with Crippen LogP contribution in [0.5, 0.6) is 0 Å². The first kappa shape index (κ1) is 16.3. The van der Waals surface area contributed by atoms with Gasteiger partial charge in [-0.25, -0.2) is 0 Å². The number of ketones is 1. The third kappa shape index (κ3) is 1.33. The van der Waals surface area contributed by atoms with E-state index < -0.39 is 6.10 Å². The second-order valence-electron chi connectivity index (χ2n) is 10.7. The molecule has 2 N–H and O–H groups in total. The molecule has 3 unspecified atom stereocenters. The first-order chi connectivity index (χ1) is 12.3. The van der Waals surface area contributed by atoms with Crippen molar-refractivity contribution in [3.8, 4) is 0 Å². The maximum Gasteiger partial charge on any atom is 0.140 e. The lowest BCUT2D eigenvalue weighted by atomic mass is 9.43. The van der Waals surface area contributed by atoms with Crippen molar-refractivity contribution in [2.45, 2.75) is 64.2 Å². The summed E-state index contributed by atoms with van der Waals surface area (Å²) >= 11 is 0. The maximum atomic E-state index is 13.0. The van der Waals surface area contributed by atoms with Crippen molar-refractivity contribution in [1.82, 2.24) is 4.90 Å². The van der Waals surface area contributed by atoms with E-state index in [0.29, 0.717) is 24.3 Å². The Morgan fingerprint density at radius 3 is 2.81 bits per heavy atom. The van der Waals surface area contributed by atoms with Crippen LogP contribution < -0.4 is 0 Å². The highest BCUT2D eigenvalue weighted by molar-refractivity contribution is 5.87. The Balaban J connectivity index is 1.62. The van der Waals surface area contributed by atoms with Crippen molar-refractivity contribution in [3.05, 3.63) is 12.2 Å². The SMILES string of the molecule is C=C1[C@@H]2C[C@]3(C(CC2=O)C24C5C[C@@H]3[C@@H]2N(CC)C[C@]5(C)CC[C@@H]4O)[C@@H]1O. The molecule has 0 aromatic rings. The zero-order valence-corrected chi connectivity index (χ0v) is 15.9. The Labute approximate surface area is 155 Å². The van der Waals surface area contributed by atoms with Crippen LogP contribution in [0.15, 0.2) is 12.2 Å². The molecule has 142 valence electrons. The maximum absolute atomic E-state index is 13.0. The summed E-state index contributed by atoms with van der Waals surface area (Å²) in [5, 5.41) is 22.8. The molecule has 7 bridgehead atoms. The smallest absolute Gasteiger partial charge is 0.140 e. The van der Waals surface area contributed by atoms with Crippen molar-refractivity contribution in [2.75, 3.05) is 13.1 Å². The number of carbonyl (C=O) groups is 1. The number of hydrogen-bond acceptors (Lipinski definition) is 4. The Morgan fingerprint density at radius 1 is 1.31 bits per heavy atom. The third-order valence-electron chi connectivity index (χ3n) is 10.4. The highest BCUT2D eigenvalue weighted by Crippen LogP contribution is 2.83. The molecule has 0 amide bonds. The average Bonchev–Trinajstić information content (AvgIpc) is 3.14. The highest BCUT2D eigenvalue weighted by Gasteiger charge is 2.85. The van der Waals surface area contributed by atoms with E-state index in [0.717, 1.165) is 44.3 Å². The molecule has 2 spiro atoms. The minimum Gasteiger partial charge on any atom is -0.392 e. The van der Waals surface area contributed by atoms with E-state index in [1.807, 2.05) is 0 Å². The van der Waals surface area contributed by atoms with Gasteiger partial charge in [-0.3, -0.25) is 9.69 Å². The first-order valence-electron chi connectivity index (χ1n) is 10.6. The summed E-state index contributed by atoms with van der Waals surface area (Å²) in [4.78, 5) is 15.6. The molecule has 26 heavy (non-hydrogen) atoms. The van der Waals surface area contributed by atoms with Gasteiger partial charge in [0.15, 0.2) is 0 Å². The van der Waals surface area contributed by atoms with Crippen LogP contribution in [-0.4, -0.2) is 52.2 Å². The zero-order chi connectivity index (χ0) is 18.2. The standard InChI is InChI=1S/C22H31NO3/c1-4-23-10-20(3)6-5-17(25)22-15(20)7-13(18(22)23)21-9-12(11(2)19(21)26)14(24)8-16(21)22/h12-13,15-19,25-26H,2,4-10H2,1,3H3/t12-,13+,15?,16?,17-,18-,19+,20-,21-,22?/m0/s1. The van der Waals surface area contributed by atoms with Gasteiger partial charge in [-0.1, -0.05) is 20.4 Å². The van der Waals surface area contributed by atoms with E-state index in [9.17, 15) is 15.0 Å². The molecule has 1 aliphatic heterocycles. The molecular weight excluding hydrogens is 326 g/mol. The second-order valence-corrected chi connectivity index (χ2v) is 10.7. The fourth-order valence-electron chi connectivity index (χ4n) is 9.75. The lowest BCUT2D eigenvalue weighted by molar-refractivity contribution is -0.211. The van der Waals surface area contributed by atoms with Gasteiger partial charge >= 0.3 is 0 Å². The van der Waals surface area contributed by atoms with Crippen molar-refractivity contribution in [2.24, 2.45) is 39.9 Å². The number of hydrogen-bond donors (Lipinski definition) is 2. The lowest BCUT2D eigenvalue weighted by Gasteiger charge is -2.65. The van der Waals surface area contributed by atoms with E-state index in [-0.39, 0.29) is 40.0 Å². The summed E-state index contributed by atoms with van der Waals surface area (Å²) in [6.07, 6.45) is 3.50. The summed E-state index contributed by atoms with van der Waals surface area (Å²) in [5.41, 5.74) is 0.598. The molecule has 0 aromatic heterocycles. The van der Waals surface area contributed by atoms with Crippen LogP contribution in [-0.2, 0) is 4.79 Å². The Hall–Kier alpha value is -0.710. The van der Waals surface area contributed by atoms with Gasteiger partial charge in [0.1, 0.15) is 5.78 Å². The van der Waals surface area contributed by atoms with Gasteiger partial charge < -0.3 is 10.2 Å². The molecule has 5 aliphatic carbocycles. The summed E-state index contributed by atoms with van der Waals surface area (Å²) in [6.45, 7) is 10.9. The summed E-state index contributed by atoms with van der Waals surface area (Å²) in [7, 11) is 0. The number of fused-ring (bicyclic) bond motifs is 1. The van der Waals surface area contributed by atoms with Crippen LogP contribution in [0.2, 0.25) is 0 Å². The van der Waals surface area contributed by atoms with E-state index >= 15 is 0 Å². The number of nitrogens with zero attached hydrogens (tertiary/aromatic N) is 1. The molecule has 6 fully saturated rings. The number of aliphatic hydroxyl groups is 2. The molecular formula is C22H31NO3. The van der Waals surface area contributed by atoms with Crippen molar-refractivity contribution >= 4 is 5.78 Å². The second kappa shape index (κ2) is 4.47. The van der Waals surface area contributed by atoms with Gasteiger partial charge in [0.05, 0.1) is 12.2 Å². The predicted octanol–water partition coefficient (Wildman–Crippen LogP) is 2.00. The average molecular weight is 357 g/mol. The Bertz CT molecular complexity index is 735. The minimum atomic E-state index is -0.561. The zero-order valence-electron chi connectivity index (χ0n) is 15.9. The number of likely N-dealkylation sites (tertiary alicyclic amines) is 1. The van der Waals surface area contributed by atoms with Crippen LogP contribution >= 0.6 is 0 Å². The van der Waals surface area contributed by atoms with Crippen LogP contribution in [0.25, 0.3) is 0 Å². The molecule has 1 saturated heterocycles. The van der Waals surface area contributed by atoms with Gasteiger partial charge in [0.2, 0.25) is 0 Å². The van der Waals surface area contributed by atoms with Gasteiger partial charge in [-0.2, -0.15) is 0 Å². The summed E-state index contributed by atoms with van der Waals surface area (Å²) in [5.74, 6) is 1.16. The number of rotatable bonds is 1. The highest BCUT2D eigenvalue weighted by atomic mass is 16.3. The lowest BCUT2D eigenvalue weighted by Crippen LogP contribution is -2.68. The molecule has 6 rings (SSSR count). The number of carbonyl (C=O) groups excluding carboxylic acids is 1. The van der Waals surface area contributed by atoms with E-state index in [1.54, 1.807) is 0 Å². The Kier molecular flexibility index (Phi) is 2.80. The van der Waals surface area contributed by atoms with Crippen LogP contribution in [0, 0.1) is 39.9 Å². The van der Waals surface area contributed by atoms with Gasteiger partial charge in [-0.05, 0) is 61.0 Å². The molecule has 6 aliphatic rings. The van der Waals surface area contributed by atoms with Crippen molar-refractivity contribution in [3.63, 3.8) is 0 Å². The van der Waals surface area contributed by atoms with Gasteiger partial charge in [0, 0.05) is 35.8 Å². The minimum absolute atomic E-state index is 0.130. The molecule has 4 nitrogen and oxygen atoms in total. The fraction of sp³-hybridized carbons (Fsp3) is 0.864. The van der Waals surface area contributed by atoms with Crippen molar-refractivity contribution in [1.29, 1.82) is 0 Å². The number of piperidine rings is 1. The molecule has 10 atom stereocenters. The van der Waals surface area contributed by atoms with Crippen LogP contribution in [0.4, 0.5) is 0 Å². The van der Waals surface area contributed by atoms with Crippen LogP contribution in [0.1, 0.15) is 46.0 Å². The van der Waals surface area contributed by atoms with E-state index in [4.69, 9.17) is 0 Å². The summed E-state index contributed by atoms with van der Waals surface area (Å²) in [6, 6.07) is 0.331. The normalized spacial score (nSPS) is 62.7.